The number of aromatic hydroxyl groups is 1. The fraction of sp³-hybridized carbons (Fsp3) is 0.208. The van der Waals surface area contributed by atoms with Crippen LogP contribution in [-0.4, -0.2) is 21.8 Å². The summed E-state index contributed by atoms with van der Waals surface area (Å²) in [5.41, 5.74) is 6.60. The Morgan fingerprint density at radius 1 is 1.23 bits per heavy atom. The number of aliphatic imine (C=N–C) groups is 1. The van der Waals surface area contributed by atoms with Crippen molar-refractivity contribution in [2.45, 2.75) is 33.7 Å². The van der Waals surface area contributed by atoms with Gasteiger partial charge in [0.15, 0.2) is 0 Å². The van der Waals surface area contributed by atoms with Gasteiger partial charge in [0.05, 0.1) is 10.6 Å². The van der Waals surface area contributed by atoms with Gasteiger partial charge in [0.1, 0.15) is 6.54 Å². The Kier molecular flexibility index (Phi) is 5.61. The minimum atomic E-state index is -0.391. The van der Waals surface area contributed by atoms with Crippen LogP contribution in [0.4, 0.5) is 11.4 Å². The van der Waals surface area contributed by atoms with Crippen molar-refractivity contribution in [2.75, 3.05) is 5.32 Å². The third-order valence-corrected chi connectivity index (χ3v) is 6.42. The Balaban J connectivity index is 1.59. The lowest BCUT2D eigenvalue weighted by Crippen LogP contribution is -2.24. The Bertz CT molecular complexity index is 1300. The molecule has 1 amide bonds. The fourth-order valence-corrected chi connectivity index (χ4v) is 4.43. The number of nitrogens with one attached hydrogen (secondary N) is 1. The highest BCUT2D eigenvalue weighted by Crippen LogP contribution is 2.37. The third-order valence-electron chi connectivity index (χ3n) is 5.50. The number of rotatable bonds is 5. The van der Waals surface area contributed by atoms with Crippen LogP contribution < -0.4 is 10.2 Å². The van der Waals surface area contributed by atoms with Crippen LogP contribution in [0.15, 0.2) is 46.2 Å². The number of carbonyl (C=O) groups excluding carboxylic acids is 1. The van der Waals surface area contributed by atoms with Crippen molar-refractivity contribution >= 4 is 46.5 Å². The molecule has 6 nitrogen and oxygen atoms in total. The number of aryl methyl sites for hydroxylation is 2. The van der Waals surface area contributed by atoms with Crippen LogP contribution >= 0.6 is 11.3 Å². The van der Waals surface area contributed by atoms with Crippen molar-refractivity contribution in [1.82, 2.24) is 4.57 Å². The number of aromatic nitrogens is 1. The number of anilines is 1. The predicted octanol–water partition coefficient (Wildman–Crippen LogP) is 4.69. The largest absolute Gasteiger partial charge is 0.493 e. The van der Waals surface area contributed by atoms with Crippen LogP contribution in [0.1, 0.15) is 34.1 Å². The molecular weight excluding hydrogens is 410 g/mol. The molecule has 2 heterocycles. The lowest BCUT2D eigenvalue weighted by Gasteiger charge is -2.10. The van der Waals surface area contributed by atoms with E-state index >= 15 is 0 Å². The quantitative estimate of drug-likeness (QED) is 0.612. The van der Waals surface area contributed by atoms with Gasteiger partial charge < -0.3 is 10.4 Å². The number of nitrogens with zero attached hydrogens (tertiary/aromatic N) is 2. The molecular formula is C24H23N3O3S. The first-order chi connectivity index (χ1) is 14.9. The number of fused-ring (bicyclic) bond motifs is 1. The van der Waals surface area contributed by atoms with Crippen LogP contribution in [0, 0.1) is 13.8 Å². The van der Waals surface area contributed by atoms with E-state index in [1.54, 1.807) is 12.3 Å². The number of hydrogen-bond donors (Lipinski definition) is 2. The van der Waals surface area contributed by atoms with Crippen molar-refractivity contribution in [2.24, 2.45) is 4.99 Å². The zero-order chi connectivity index (χ0) is 22.1. The van der Waals surface area contributed by atoms with Crippen molar-refractivity contribution in [1.29, 1.82) is 0 Å². The van der Waals surface area contributed by atoms with Crippen LogP contribution in [0.3, 0.4) is 0 Å². The molecule has 0 radical (unpaired) electrons. The van der Waals surface area contributed by atoms with E-state index in [-0.39, 0.29) is 18.3 Å². The summed E-state index contributed by atoms with van der Waals surface area (Å²) in [6, 6.07) is 11.6. The van der Waals surface area contributed by atoms with Gasteiger partial charge in [-0.2, -0.15) is 0 Å². The number of carbonyl (C=O) groups is 1. The van der Waals surface area contributed by atoms with Gasteiger partial charge in [0.25, 0.3) is 0 Å². The Morgan fingerprint density at radius 3 is 2.77 bits per heavy atom. The minimum Gasteiger partial charge on any atom is -0.493 e. The molecule has 1 aliphatic rings. The molecule has 0 unspecified atom stereocenters. The summed E-state index contributed by atoms with van der Waals surface area (Å²) < 4.78 is 1.09. The van der Waals surface area contributed by atoms with Crippen molar-refractivity contribution in [3.05, 3.63) is 73.2 Å². The first-order valence-electron chi connectivity index (χ1n) is 10.1. The molecule has 158 valence electrons. The SMILES string of the molecule is CCc1cccc2c1N=CC2=Cc1sc(=O)n(CC(=O)Nc2cccc(C)c2C)c1O. The average Bonchev–Trinajstić information content (AvgIpc) is 3.27. The maximum atomic E-state index is 12.5. The first kappa shape index (κ1) is 20.8. The van der Waals surface area contributed by atoms with E-state index in [1.807, 2.05) is 50.2 Å². The number of benzene rings is 2. The van der Waals surface area contributed by atoms with Crippen LogP contribution in [0.5, 0.6) is 5.88 Å². The van der Waals surface area contributed by atoms with E-state index < -0.39 is 4.87 Å². The molecule has 0 atom stereocenters. The second-order valence-electron chi connectivity index (χ2n) is 7.46. The summed E-state index contributed by atoms with van der Waals surface area (Å²) in [6.07, 6.45) is 4.36. The molecule has 0 fully saturated rings. The standard InChI is InChI=1S/C24H23N3O3S/c1-4-16-8-6-9-18-17(12-25-22(16)18)11-20-23(29)27(24(30)31-20)13-21(28)26-19-10-5-7-14(2)15(19)3/h5-12,29H,4,13H2,1-3H3,(H,26,28). The van der Waals surface area contributed by atoms with Gasteiger partial charge in [-0.1, -0.05) is 48.6 Å². The van der Waals surface area contributed by atoms with Gasteiger partial charge in [0.2, 0.25) is 11.8 Å². The van der Waals surface area contributed by atoms with E-state index in [1.165, 1.54) is 0 Å². The maximum absolute atomic E-state index is 12.5. The third kappa shape index (κ3) is 3.96. The topological polar surface area (TPSA) is 83.7 Å². The number of amides is 1. The summed E-state index contributed by atoms with van der Waals surface area (Å²) >= 11 is 0.906. The summed E-state index contributed by atoms with van der Waals surface area (Å²) in [5.74, 6) is -0.587. The summed E-state index contributed by atoms with van der Waals surface area (Å²) in [6.45, 7) is 5.71. The molecule has 3 aromatic rings. The highest BCUT2D eigenvalue weighted by molar-refractivity contribution is 7.10. The molecule has 0 aliphatic carbocycles. The lowest BCUT2D eigenvalue weighted by molar-refractivity contribution is -0.116. The highest BCUT2D eigenvalue weighted by Gasteiger charge is 2.19. The smallest absolute Gasteiger partial charge is 0.311 e. The zero-order valence-electron chi connectivity index (χ0n) is 17.6. The predicted molar refractivity (Wildman–Crippen MR) is 127 cm³/mol. The van der Waals surface area contributed by atoms with E-state index in [4.69, 9.17) is 0 Å². The maximum Gasteiger partial charge on any atom is 0.311 e. The van der Waals surface area contributed by atoms with Gasteiger partial charge in [-0.05, 0) is 49.1 Å². The molecule has 0 spiro atoms. The van der Waals surface area contributed by atoms with E-state index in [0.717, 1.165) is 55.8 Å². The number of allylic oxidation sites excluding steroid dienone is 1. The Morgan fingerprint density at radius 2 is 2.00 bits per heavy atom. The molecule has 2 aromatic carbocycles. The first-order valence-corrected chi connectivity index (χ1v) is 10.9. The van der Waals surface area contributed by atoms with Crippen LogP contribution in [-0.2, 0) is 17.8 Å². The Labute approximate surface area is 184 Å². The summed E-state index contributed by atoms with van der Waals surface area (Å²) in [7, 11) is 0. The second kappa shape index (κ2) is 8.35. The molecule has 4 rings (SSSR count). The van der Waals surface area contributed by atoms with Crippen molar-refractivity contribution < 1.29 is 9.90 Å². The number of hydrogen-bond acceptors (Lipinski definition) is 5. The molecule has 0 saturated heterocycles. The molecule has 2 N–H and O–H groups in total. The molecule has 0 saturated carbocycles. The lowest BCUT2D eigenvalue weighted by atomic mass is 10.0. The highest BCUT2D eigenvalue weighted by atomic mass is 32.1. The monoisotopic (exact) mass is 433 g/mol. The van der Waals surface area contributed by atoms with Gasteiger partial charge in [-0.3, -0.25) is 19.1 Å². The molecule has 31 heavy (non-hydrogen) atoms. The van der Waals surface area contributed by atoms with Gasteiger partial charge in [-0.25, -0.2) is 0 Å². The van der Waals surface area contributed by atoms with Crippen LogP contribution in [0.25, 0.3) is 11.6 Å². The van der Waals surface area contributed by atoms with Gasteiger partial charge in [-0.15, -0.1) is 0 Å². The van der Waals surface area contributed by atoms with Crippen LogP contribution in [0.2, 0.25) is 0 Å². The van der Waals surface area contributed by atoms with E-state index in [2.05, 4.69) is 17.2 Å². The molecule has 7 heteroatoms. The van der Waals surface area contributed by atoms with E-state index in [9.17, 15) is 14.7 Å². The van der Waals surface area contributed by atoms with Gasteiger partial charge >= 0.3 is 4.87 Å². The van der Waals surface area contributed by atoms with Gasteiger partial charge in [0, 0.05) is 23.0 Å². The molecule has 0 bridgehead atoms. The van der Waals surface area contributed by atoms with Crippen molar-refractivity contribution in [3.63, 3.8) is 0 Å². The fourth-order valence-electron chi connectivity index (χ4n) is 3.59. The minimum absolute atomic E-state index is 0.216. The Hall–Kier alpha value is -3.45. The second-order valence-corrected chi connectivity index (χ2v) is 8.46. The van der Waals surface area contributed by atoms with E-state index in [0.29, 0.717) is 10.6 Å². The average molecular weight is 434 g/mol. The molecule has 1 aromatic heterocycles. The number of thiazole rings is 1. The molecule has 1 aliphatic heterocycles. The summed E-state index contributed by atoms with van der Waals surface area (Å²) in [5, 5.41) is 13.5. The van der Waals surface area contributed by atoms with Crippen molar-refractivity contribution in [3.8, 4) is 5.88 Å². The normalized spacial score (nSPS) is 13.6. The zero-order valence-corrected chi connectivity index (χ0v) is 18.4. The summed E-state index contributed by atoms with van der Waals surface area (Å²) in [4.78, 5) is 29.5. The number of para-hydroxylation sites is 1.